The molecule has 10 heteroatoms. The van der Waals surface area contributed by atoms with Gasteiger partial charge >= 0.3 is 0 Å². The number of ether oxygens (including phenoxy) is 2. The molecular weight excluding hydrogens is 428 g/mol. The summed E-state index contributed by atoms with van der Waals surface area (Å²) in [5.74, 6) is 0.297. The smallest absolute Gasteiger partial charge is 0.271 e. The summed E-state index contributed by atoms with van der Waals surface area (Å²) in [6.45, 7) is 1.72. The van der Waals surface area contributed by atoms with Crippen molar-refractivity contribution in [1.82, 2.24) is 10.2 Å². The fourth-order valence-corrected chi connectivity index (χ4v) is 4.32. The second-order valence-electron chi connectivity index (χ2n) is 7.98. The summed E-state index contributed by atoms with van der Waals surface area (Å²) in [4.78, 5) is 39.5. The van der Waals surface area contributed by atoms with E-state index in [0.29, 0.717) is 12.3 Å². The number of likely N-dealkylation sites (tertiary alicyclic amines) is 1. The van der Waals surface area contributed by atoms with Gasteiger partial charge in [0.15, 0.2) is 6.61 Å². The van der Waals surface area contributed by atoms with Crippen molar-refractivity contribution in [3.8, 4) is 11.5 Å². The number of hydrogen-bond acceptors (Lipinski definition) is 7. The maximum atomic E-state index is 12.9. The van der Waals surface area contributed by atoms with Gasteiger partial charge in [0, 0.05) is 24.2 Å². The third-order valence-electron chi connectivity index (χ3n) is 5.97. The number of carbonyl (C=O) groups is 2. The first kappa shape index (κ1) is 22.5. The molecule has 1 N–H and O–H groups in total. The van der Waals surface area contributed by atoms with Gasteiger partial charge in [-0.3, -0.25) is 29.5 Å². The predicted molar refractivity (Wildman–Crippen MR) is 120 cm³/mol. The molecule has 2 aliphatic heterocycles. The van der Waals surface area contributed by atoms with Gasteiger partial charge in [0.1, 0.15) is 18.0 Å². The van der Waals surface area contributed by atoms with Crippen LogP contribution in [0.1, 0.15) is 24.4 Å². The van der Waals surface area contributed by atoms with Crippen molar-refractivity contribution in [3.05, 3.63) is 58.1 Å². The molecule has 0 spiro atoms. The first-order valence-corrected chi connectivity index (χ1v) is 10.8. The van der Waals surface area contributed by atoms with Crippen LogP contribution in [-0.2, 0) is 9.59 Å². The van der Waals surface area contributed by atoms with Gasteiger partial charge in [0.2, 0.25) is 5.91 Å². The number of methoxy groups -OCH3 is 1. The van der Waals surface area contributed by atoms with Crippen LogP contribution in [0.4, 0.5) is 11.4 Å². The van der Waals surface area contributed by atoms with Crippen molar-refractivity contribution >= 4 is 23.2 Å². The normalized spacial score (nSPS) is 16.6. The molecule has 4 rings (SSSR count). The minimum Gasteiger partial charge on any atom is -0.496 e. The molecule has 2 amide bonds. The monoisotopic (exact) mass is 454 g/mol. The van der Waals surface area contributed by atoms with E-state index in [1.807, 2.05) is 24.3 Å². The Bertz CT molecular complexity index is 1050. The lowest BCUT2D eigenvalue weighted by molar-refractivity contribution is -0.384. The summed E-state index contributed by atoms with van der Waals surface area (Å²) in [7, 11) is 1.62. The van der Waals surface area contributed by atoms with Gasteiger partial charge in [-0.2, -0.15) is 0 Å². The number of nitro benzene ring substituents is 1. The zero-order chi connectivity index (χ0) is 23.4. The third kappa shape index (κ3) is 4.90. The van der Waals surface area contributed by atoms with Gasteiger partial charge in [-0.1, -0.05) is 18.2 Å². The molecule has 2 aliphatic rings. The number of fused-ring (bicyclic) bond motifs is 1. The van der Waals surface area contributed by atoms with Crippen molar-refractivity contribution < 1.29 is 24.0 Å². The Morgan fingerprint density at radius 1 is 1.24 bits per heavy atom. The second kappa shape index (κ2) is 9.86. The average molecular weight is 454 g/mol. The summed E-state index contributed by atoms with van der Waals surface area (Å²) in [6.07, 6.45) is 2.19. The Labute approximate surface area is 191 Å². The van der Waals surface area contributed by atoms with Gasteiger partial charge in [-0.15, -0.1) is 0 Å². The SMILES string of the molecule is COc1ccccc1C(CNC(=O)CN1C(=O)COc2ccc([N+](=O)[O-])cc21)N1CCCC1. The Kier molecular flexibility index (Phi) is 6.74. The van der Waals surface area contributed by atoms with E-state index in [-0.39, 0.29) is 36.5 Å². The van der Waals surface area contributed by atoms with Crippen molar-refractivity contribution in [2.24, 2.45) is 0 Å². The van der Waals surface area contributed by atoms with Crippen LogP contribution in [0.15, 0.2) is 42.5 Å². The third-order valence-corrected chi connectivity index (χ3v) is 5.97. The highest BCUT2D eigenvalue weighted by Gasteiger charge is 2.30. The van der Waals surface area contributed by atoms with Crippen LogP contribution < -0.4 is 19.7 Å². The molecule has 0 saturated carbocycles. The molecule has 33 heavy (non-hydrogen) atoms. The molecule has 1 atom stereocenters. The molecule has 2 aromatic carbocycles. The summed E-state index contributed by atoms with van der Waals surface area (Å²) in [5, 5.41) is 14.1. The standard InChI is InChI=1S/C23H26N4O6/c1-32-20-7-3-2-6-17(20)19(25-10-4-5-11-25)13-24-22(28)14-26-18-12-16(27(30)31)8-9-21(18)33-15-23(26)29/h2-3,6-9,12,19H,4-5,10-11,13-15H2,1H3,(H,24,28). The predicted octanol–water partition coefficient (Wildman–Crippen LogP) is 2.28. The van der Waals surface area contributed by atoms with Crippen LogP contribution in [0.2, 0.25) is 0 Å². The first-order chi connectivity index (χ1) is 16.0. The van der Waals surface area contributed by atoms with Gasteiger partial charge in [-0.25, -0.2) is 0 Å². The largest absolute Gasteiger partial charge is 0.496 e. The van der Waals surface area contributed by atoms with Crippen LogP contribution in [0.25, 0.3) is 0 Å². The fourth-order valence-electron chi connectivity index (χ4n) is 4.32. The number of hydrogen-bond donors (Lipinski definition) is 1. The van der Waals surface area contributed by atoms with Gasteiger partial charge in [0.25, 0.3) is 11.6 Å². The van der Waals surface area contributed by atoms with E-state index in [9.17, 15) is 19.7 Å². The first-order valence-electron chi connectivity index (χ1n) is 10.8. The van der Waals surface area contributed by atoms with Crippen LogP contribution in [0.5, 0.6) is 11.5 Å². The van der Waals surface area contributed by atoms with Gasteiger partial charge in [0.05, 0.1) is 23.8 Å². The summed E-state index contributed by atoms with van der Waals surface area (Å²) >= 11 is 0. The van der Waals surface area contributed by atoms with Crippen molar-refractivity contribution in [2.75, 3.05) is 44.8 Å². The molecule has 0 aromatic heterocycles. The lowest BCUT2D eigenvalue weighted by atomic mass is 10.0. The zero-order valence-corrected chi connectivity index (χ0v) is 18.4. The van der Waals surface area contributed by atoms with E-state index in [1.54, 1.807) is 7.11 Å². The number of rotatable bonds is 8. The highest BCUT2D eigenvalue weighted by molar-refractivity contribution is 6.02. The molecule has 0 bridgehead atoms. The van der Waals surface area contributed by atoms with E-state index >= 15 is 0 Å². The molecule has 0 radical (unpaired) electrons. The van der Waals surface area contributed by atoms with Gasteiger partial charge < -0.3 is 14.8 Å². The maximum Gasteiger partial charge on any atom is 0.271 e. The van der Waals surface area contributed by atoms with E-state index in [1.165, 1.54) is 23.1 Å². The highest BCUT2D eigenvalue weighted by Crippen LogP contribution is 2.35. The van der Waals surface area contributed by atoms with E-state index < -0.39 is 10.8 Å². The maximum absolute atomic E-state index is 12.9. The Morgan fingerprint density at radius 3 is 2.73 bits per heavy atom. The van der Waals surface area contributed by atoms with Crippen molar-refractivity contribution in [2.45, 2.75) is 18.9 Å². The number of carbonyl (C=O) groups excluding carboxylic acids is 2. The van der Waals surface area contributed by atoms with E-state index in [0.717, 1.165) is 37.2 Å². The summed E-state index contributed by atoms with van der Waals surface area (Å²) in [5.41, 5.74) is 1.03. The second-order valence-corrected chi connectivity index (χ2v) is 7.98. The highest BCUT2D eigenvalue weighted by atomic mass is 16.6. The lowest BCUT2D eigenvalue weighted by Crippen LogP contribution is -2.46. The number of anilines is 1. The molecular formula is C23H26N4O6. The van der Waals surface area contributed by atoms with Gasteiger partial charge in [-0.05, 0) is 38.1 Å². The van der Waals surface area contributed by atoms with Crippen LogP contribution in [0, 0.1) is 10.1 Å². The van der Waals surface area contributed by atoms with Crippen LogP contribution in [0.3, 0.4) is 0 Å². The Hall–Kier alpha value is -3.66. The molecule has 10 nitrogen and oxygen atoms in total. The van der Waals surface area contributed by atoms with E-state index in [4.69, 9.17) is 9.47 Å². The van der Waals surface area contributed by atoms with E-state index in [2.05, 4.69) is 10.2 Å². The van der Waals surface area contributed by atoms with Crippen LogP contribution in [-0.4, -0.2) is 61.5 Å². The summed E-state index contributed by atoms with van der Waals surface area (Å²) in [6, 6.07) is 11.7. The molecule has 0 aliphatic carbocycles. The number of nitrogens with zero attached hydrogens (tertiary/aromatic N) is 3. The zero-order valence-electron chi connectivity index (χ0n) is 18.4. The number of para-hydroxylation sites is 1. The van der Waals surface area contributed by atoms with Crippen molar-refractivity contribution in [3.63, 3.8) is 0 Å². The Balaban J connectivity index is 1.49. The lowest BCUT2D eigenvalue weighted by Gasteiger charge is -2.31. The summed E-state index contributed by atoms with van der Waals surface area (Å²) < 4.78 is 10.9. The average Bonchev–Trinajstić information content (AvgIpc) is 3.35. The fraction of sp³-hybridized carbons (Fsp3) is 0.391. The Morgan fingerprint density at radius 2 is 2.00 bits per heavy atom. The van der Waals surface area contributed by atoms with Crippen LogP contribution >= 0.6 is 0 Å². The molecule has 1 unspecified atom stereocenters. The quantitative estimate of drug-likeness (QED) is 0.481. The minimum absolute atomic E-state index is 0.0682. The number of benzene rings is 2. The number of nitrogens with one attached hydrogen (secondary N) is 1. The molecule has 2 aromatic rings. The molecule has 2 heterocycles. The minimum atomic E-state index is -0.550. The molecule has 1 saturated heterocycles. The molecule has 1 fully saturated rings. The molecule has 174 valence electrons. The topological polar surface area (TPSA) is 114 Å². The number of amides is 2. The number of nitro groups is 1. The van der Waals surface area contributed by atoms with Crippen molar-refractivity contribution in [1.29, 1.82) is 0 Å². The number of non-ortho nitro benzene ring substituents is 1.